The summed E-state index contributed by atoms with van der Waals surface area (Å²) in [6.07, 6.45) is 1.11. The molecule has 5 heteroatoms. The zero-order chi connectivity index (χ0) is 12.4. The predicted molar refractivity (Wildman–Crippen MR) is 66.6 cm³/mol. The van der Waals surface area contributed by atoms with Crippen LogP contribution in [0.1, 0.15) is 12.5 Å². The minimum Gasteiger partial charge on any atom is -0.392 e. The largest absolute Gasteiger partial charge is 0.392 e. The highest BCUT2D eigenvalue weighted by atomic mass is 16.3. The average Bonchev–Trinajstić information content (AvgIpc) is 2.29. The first kappa shape index (κ1) is 11.6. The van der Waals surface area contributed by atoms with E-state index in [9.17, 15) is 9.90 Å². The normalized spacial score (nSPS) is 12.6. The molecule has 17 heavy (non-hydrogen) atoms. The van der Waals surface area contributed by atoms with Crippen LogP contribution in [0.5, 0.6) is 0 Å². The quantitative estimate of drug-likeness (QED) is 0.816. The van der Waals surface area contributed by atoms with E-state index in [-0.39, 0.29) is 5.56 Å². The summed E-state index contributed by atoms with van der Waals surface area (Å²) in [6, 6.07) is 5.53. The standard InChI is InChI=1S/C12H15N3O2/c1-8-6-10-4-3-5-13-11(10)15(12(8)17)14-7-9(2)16/h3-6,9,14,16H,7H2,1-2H3. The van der Waals surface area contributed by atoms with Crippen molar-refractivity contribution in [1.29, 1.82) is 0 Å². The van der Waals surface area contributed by atoms with Gasteiger partial charge in [0.05, 0.1) is 12.6 Å². The summed E-state index contributed by atoms with van der Waals surface area (Å²) in [4.78, 5) is 16.2. The highest BCUT2D eigenvalue weighted by Gasteiger charge is 2.07. The molecule has 2 rings (SSSR count). The van der Waals surface area contributed by atoms with Gasteiger partial charge in [0.2, 0.25) is 0 Å². The Morgan fingerprint density at radius 2 is 2.35 bits per heavy atom. The highest BCUT2D eigenvalue weighted by Crippen LogP contribution is 2.08. The van der Waals surface area contributed by atoms with E-state index in [1.165, 1.54) is 4.68 Å². The predicted octanol–water partition coefficient (Wildman–Crippen LogP) is 0.629. The summed E-state index contributed by atoms with van der Waals surface area (Å²) in [7, 11) is 0. The third kappa shape index (κ3) is 2.29. The Kier molecular flexibility index (Phi) is 3.10. The van der Waals surface area contributed by atoms with E-state index in [0.717, 1.165) is 5.39 Å². The monoisotopic (exact) mass is 233 g/mol. The maximum atomic E-state index is 12.0. The minimum atomic E-state index is -0.527. The molecule has 0 bridgehead atoms. The number of nitrogens with one attached hydrogen (secondary N) is 1. The zero-order valence-corrected chi connectivity index (χ0v) is 9.84. The maximum Gasteiger partial charge on any atom is 0.273 e. The van der Waals surface area contributed by atoms with Crippen molar-refractivity contribution in [1.82, 2.24) is 9.66 Å². The van der Waals surface area contributed by atoms with Gasteiger partial charge in [-0.05, 0) is 32.0 Å². The molecule has 1 unspecified atom stereocenters. The lowest BCUT2D eigenvalue weighted by atomic mass is 10.2. The molecule has 2 heterocycles. The van der Waals surface area contributed by atoms with Crippen molar-refractivity contribution >= 4 is 11.0 Å². The molecule has 0 saturated carbocycles. The lowest BCUT2D eigenvalue weighted by Gasteiger charge is -2.13. The molecule has 2 aromatic rings. The fraction of sp³-hybridized carbons (Fsp3) is 0.333. The number of fused-ring (bicyclic) bond motifs is 1. The molecular weight excluding hydrogens is 218 g/mol. The fourth-order valence-electron chi connectivity index (χ4n) is 1.65. The van der Waals surface area contributed by atoms with Crippen molar-refractivity contribution in [3.8, 4) is 0 Å². The highest BCUT2D eigenvalue weighted by molar-refractivity contribution is 5.75. The van der Waals surface area contributed by atoms with E-state index >= 15 is 0 Å². The molecule has 0 aliphatic rings. The van der Waals surface area contributed by atoms with Crippen molar-refractivity contribution in [2.24, 2.45) is 0 Å². The molecule has 5 nitrogen and oxygen atoms in total. The van der Waals surface area contributed by atoms with Gasteiger partial charge in [0.25, 0.3) is 5.56 Å². The van der Waals surface area contributed by atoms with Crippen molar-refractivity contribution in [3.05, 3.63) is 40.3 Å². The van der Waals surface area contributed by atoms with Crippen LogP contribution in [0.15, 0.2) is 29.2 Å². The van der Waals surface area contributed by atoms with Crippen LogP contribution in [0.2, 0.25) is 0 Å². The van der Waals surface area contributed by atoms with E-state index < -0.39 is 6.10 Å². The lowest BCUT2D eigenvalue weighted by Crippen LogP contribution is -2.34. The molecular formula is C12H15N3O2. The van der Waals surface area contributed by atoms with Crippen LogP contribution in [-0.4, -0.2) is 27.4 Å². The van der Waals surface area contributed by atoms with Crippen LogP contribution in [0.25, 0.3) is 11.0 Å². The summed E-state index contributed by atoms with van der Waals surface area (Å²) >= 11 is 0. The maximum absolute atomic E-state index is 12.0. The van der Waals surface area contributed by atoms with Gasteiger partial charge < -0.3 is 10.5 Å². The molecule has 0 aliphatic carbocycles. The van der Waals surface area contributed by atoms with E-state index in [4.69, 9.17) is 0 Å². The van der Waals surface area contributed by atoms with Gasteiger partial charge >= 0.3 is 0 Å². The summed E-state index contributed by atoms with van der Waals surface area (Å²) in [5.74, 6) is 0. The molecule has 2 N–H and O–H groups in total. The number of pyridine rings is 2. The van der Waals surface area contributed by atoms with Gasteiger partial charge in [-0.1, -0.05) is 0 Å². The summed E-state index contributed by atoms with van der Waals surface area (Å²) in [5, 5.41) is 10.1. The van der Waals surface area contributed by atoms with Gasteiger partial charge in [-0.2, -0.15) is 0 Å². The number of hydrogen-bond donors (Lipinski definition) is 2. The van der Waals surface area contributed by atoms with Crippen LogP contribution >= 0.6 is 0 Å². The molecule has 0 spiro atoms. The van der Waals surface area contributed by atoms with Crippen LogP contribution in [-0.2, 0) is 0 Å². The average molecular weight is 233 g/mol. The van der Waals surface area contributed by atoms with Gasteiger partial charge in [-0.25, -0.2) is 9.66 Å². The first-order valence-corrected chi connectivity index (χ1v) is 5.49. The first-order chi connectivity index (χ1) is 8.09. The summed E-state index contributed by atoms with van der Waals surface area (Å²) in [5.41, 5.74) is 3.96. The third-order valence-electron chi connectivity index (χ3n) is 2.49. The number of rotatable bonds is 3. The van der Waals surface area contributed by atoms with Gasteiger partial charge in [0.15, 0.2) is 5.65 Å². The molecule has 90 valence electrons. The second-order valence-corrected chi connectivity index (χ2v) is 4.10. The zero-order valence-electron chi connectivity index (χ0n) is 9.84. The SMILES string of the molecule is Cc1cc2cccnc2n(NCC(C)O)c1=O. The second kappa shape index (κ2) is 4.55. The Morgan fingerprint density at radius 3 is 3.06 bits per heavy atom. The van der Waals surface area contributed by atoms with Gasteiger partial charge in [0.1, 0.15) is 0 Å². The Labute approximate surface area is 98.7 Å². The first-order valence-electron chi connectivity index (χ1n) is 5.49. The number of aryl methyl sites for hydroxylation is 1. The van der Waals surface area contributed by atoms with Crippen molar-refractivity contribution in [3.63, 3.8) is 0 Å². The van der Waals surface area contributed by atoms with Crippen molar-refractivity contribution in [2.75, 3.05) is 12.0 Å². The molecule has 0 radical (unpaired) electrons. The molecule has 0 aromatic carbocycles. The van der Waals surface area contributed by atoms with Crippen LogP contribution < -0.4 is 11.0 Å². The summed E-state index contributed by atoms with van der Waals surface area (Å²) < 4.78 is 1.39. The van der Waals surface area contributed by atoms with Crippen LogP contribution in [0.3, 0.4) is 0 Å². The van der Waals surface area contributed by atoms with E-state index in [2.05, 4.69) is 10.4 Å². The van der Waals surface area contributed by atoms with E-state index in [0.29, 0.717) is 17.8 Å². The Morgan fingerprint density at radius 1 is 1.59 bits per heavy atom. The number of nitrogens with zero attached hydrogens (tertiary/aromatic N) is 2. The summed E-state index contributed by atoms with van der Waals surface area (Å²) in [6.45, 7) is 3.72. The smallest absolute Gasteiger partial charge is 0.273 e. The Hall–Kier alpha value is -1.88. The van der Waals surface area contributed by atoms with Gasteiger partial charge in [-0.15, -0.1) is 0 Å². The molecule has 0 saturated heterocycles. The van der Waals surface area contributed by atoms with Crippen molar-refractivity contribution in [2.45, 2.75) is 20.0 Å². The molecule has 0 amide bonds. The number of aliphatic hydroxyl groups is 1. The number of aliphatic hydroxyl groups excluding tert-OH is 1. The Bertz CT molecular complexity index is 590. The van der Waals surface area contributed by atoms with Gasteiger partial charge in [-0.3, -0.25) is 4.79 Å². The molecule has 1 atom stereocenters. The lowest BCUT2D eigenvalue weighted by molar-refractivity contribution is 0.204. The number of hydrogen-bond acceptors (Lipinski definition) is 4. The van der Waals surface area contributed by atoms with Crippen LogP contribution in [0, 0.1) is 6.92 Å². The molecule has 0 aliphatic heterocycles. The van der Waals surface area contributed by atoms with Crippen molar-refractivity contribution < 1.29 is 5.11 Å². The minimum absolute atomic E-state index is 0.142. The fourth-order valence-corrected chi connectivity index (χ4v) is 1.65. The molecule has 2 aromatic heterocycles. The Balaban J connectivity index is 2.58. The second-order valence-electron chi connectivity index (χ2n) is 4.10. The van der Waals surface area contributed by atoms with Crippen LogP contribution in [0.4, 0.5) is 0 Å². The van der Waals surface area contributed by atoms with Gasteiger partial charge in [0, 0.05) is 17.1 Å². The molecule has 0 fully saturated rings. The number of aromatic nitrogens is 2. The third-order valence-corrected chi connectivity index (χ3v) is 2.49. The van der Waals surface area contributed by atoms with E-state index in [1.54, 1.807) is 20.0 Å². The topological polar surface area (TPSA) is 67.2 Å². The van der Waals surface area contributed by atoms with E-state index in [1.807, 2.05) is 18.2 Å².